The minimum Gasteiger partial charge on any atom is -0.617 e. The second kappa shape index (κ2) is 7.56. The van der Waals surface area contributed by atoms with Crippen molar-refractivity contribution >= 4 is 40.1 Å². The average molecular weight is 379 g/mol. The van der Waals surface area contributed by atoms with Crippen LogP contribution in [0.3, 0.4) is 0 Å². The maximum atomic E-state index is 14.3. The molecule has 2 aromatic rings. The Morgan fingerprint density at radius 3 is 2.76 bits per heavy atom. The van der Waals surface area contributed by atoms with Gasteiger partial charge >= 0.3 is 0 Å². The number of benzodiazepines with no additional fused rings is 1. The van der Waals surface area contributed by atoms with Gasteiger partial charge in [0, 0.05) is 16.1 Å². The largest absolute Gasteiger partial charge is 0.617 e. The van der Waals surface area contributed by atoms with E-state index in [9.17, 15) is 13.7 Å². The number of nitrogens with zero attached hydrogens (tertiary/aromatic N) is 2. The Balaban J connectivity index is 2.12. The number of rotatable bonds is 4. The summed E-state index contributed by atoms with van der Waals surface area (Å²) in [5.41, 5.74) is 1.90. The Morgan fingerprint density at radius 1 is 1.28 bits per heavy atom. The van der Waals surface area contributed by atoms with Gasteiger partial charge < -0.3 is 9.45 Å². The zero-order valence-electron chi connectivity index (χ0n) is 13.5. The molecule has 2 aromatic carbocycles. The van der Waals surface area contributed by atoms with Gasteiger partial charge in [-0.15, -0.1) is 0 Å². The van der Waals surface area contributed by atoms with E-state index in [1.54, 1.807) is 47.6 Å². The van der Waals surface area contributed by atoms with Crippen LogP contribution < -0.4 is 4.90 Å². The zero-order chi connectivity index (χ0) is 18.0. The standard InChI is InChI=1S/C18H16ClFN2O2S/c1-25(24)9-8-22-16-7-6-12(19)10-14(16)18(21-11-17(22)23)13-4-2-3-5-15(13)20/h2-7,10H,8-9,11H2,1H3. The molecule has 1 unspecified atom stereocenters. The fourth-order valence-corrected chi connectivity index (χ4v) is 3.35. The molecule has 1 aliphatic rings. The molecule has 4 nitrogen and oxygen atoms in total. The highest BCUT2D eigenvalue weighted by Crippen LogP contribution is 2.30. The highest BCUT2D eigenvalue weighted by atomic mass is 35.5. The van der Waals surface area contributed by atoms with Gasteiger partial charge in [0.1, 0.15) is 18.1 Å². The SMILES string of the molecule is C[S+]([O-])CCN1C(=O)CN=C(c2ccccc2F)c2cc(Cl)ccc21. The molecule has 0 saturated heterocycles. The Hall–Kier alpha value is -1.89. The smallest absolute Gasteiger partial charge is 0.248 e. The van der Waals surface area contributed by atoms with Crippen LogP contribution in [-0.4, -0.2) is 41.3 Å². The lowest BCUT2D eigenvalue weighted by Crippen LogP contribution is -2.36. The summed E-state index contributed by atoms with van der Waals surface area (Å²) < 4.78 is 25.7. The molecule has 25 heavy (non-hydrogen) atoms. The van der Waals surface area contributed by atoms with Crippen molar-refractivity contribution in [3.05, 3.63) is 64.4 Å². The Bertz CT molecular complexity index is 842. The van der Waals surface area contributed by atoms with Crippen molar-refractivity contribution in [3.63, 3.8) is 0 Å². The van der Waals surface area contributed by atoms with E-state index in [-0.39, 0.29) is 12.5 Å². The highest BCUT2D eigenvalue weighted by molar-refractivity contribution is 7.90. The van der Waals surface area contributed by atoms with E-state index in [4.69, 9.17) is 11.6 Å². The molecule has 130 valence electrons. The van der Waals surface area contributed by atoms with E-state index in [0.29, 0.717) is 39.8 Å². The summed E-state index contributed by atoms with van der Waals surface area (Å²) in [7, 11) is 0. The molecule has 7 heteroatoms. The van der Waals surface area contributed by atoms with E-state index >= 15 is 0 Å². The molecule has 1 amide bonds. The maximum absolute atomic E-state index is 14.3. The lowest BCUT2D eigenvalue weighted by atomic mass is 9.99. The summed E-state index contributed by atoms with van der Waals surface area (Å²) in [6, 6.07) is 11.4. The van der Waals surface area contributed by atoms with E-state index in [1.807, 2.05) is 0 Å². The average Bonchev–Trinajstić information content (AvgIpc) is 2.70. The number of hydrogen-bond acceptors (Lipinski definition) is 3. The molecule has 1 aliphatic heterocycles. The third kappa shape index (κ3) is 3.86. The summed E-state index contributed by atoms with van der Waals surface area (Å²) in [6.45, 7) is 0.197. The van der Waals surface area contributed by atoms with Crippen molar-refractivity contribution < 1.29 is 13.7 Å². The predicted molar refractivity (Wildman–Crippen MR) is 99.6 cm³/mol. The molecule has 1 atom stereocenters. The lowest BCUT2D eigenvalue weighted by molar-refractivity contribution is -0.117. The van der Waals surface area contributed by atoms with Gasteiger partial charge in [0.05, 0.1) is 24.2 Å². The minimum absolute atomic E-state index is 0.105. The number of hydrogen-bond donors (Lipinski definition) is 0. The zero-order valence-corrected chi connectivity index (χ0v) is 15.1. The monoisotopic (exact) mass is 378 g/mol. The van der Waals surface area contributed by atoms with Gasteiger partial charge in [0.2, 0.25) is 5.91 Å². The molecule has 0 fully saturated rings. The van der Waals surface area contributed by atoms with Crippen molar-refractivity contribution in [3.8, 4) is 0 Å². The number of carbonyl (C=O) groups excluding carboxylic acids is 1. The van der Waals surface area contributed by atoms with Gasteiger partial charge in [0.15, 0.2) is 0 Å². The number of anilines is 1. The van der Waals surface area contributed by atoms with Crippen LogP contribution in [0.1, 0.15) is 11.1 Å². The van der Waals surface area contributed by atoms with Crippen LogP contribution in [0.15, 0.2) is 47.5 Å². The summed E-state index contributed by atoms with van der Waals surface area (Å²) >= 11 is 5.10. The summed E-state index contributed by atoms with van der Waals surface area (Å²) in [5, 5.41) is 0.469. The van der Waals surface area contributed by atoms with E-state index in [1.165, 1.54) is 6.07 Å². The fourth-order valence-electron chi connectivity index (χ4n) is 2.73. The topological polar surface area (TPSA) is 55.7 Å². The first kappa shape index (κ1) is 17.9. The quantitative estimate of drug-likeness (QED) is 0.768. The van der Waals surface area contributed by atoms with Crippen LogP contribution in [0, 0.1) is 5.82 Å². The molecular formula is C18H16ClFN2O2S. The van der Waals surface area contributed by atoms with E-state index in [2.05, 4.69) is 4.99 Å². The number of aliphatic imine (C=N–C) groups is 1. The molecule has 0 radical (unpaired) electrons. The van der Waals surface area contributed by atoms with E-state index < -0.39 is 17.0 Å². The molecule has 0 bridgehead atoms. The van der Waals surface area contributed by atoms with Crippen LogP contribution in [0.2, 0.25) is 5.02 Å². The third-order valence-corrected chi connectivity index (χ3v) is 4.90. The van der Waals surface area contributed by atoms with Crippen molar-refractivity contribution in [2.45, 2.75) is 0 Å². The van der Waals surface area contributed by atoms with Crippen LogP contribution in [0.5, 0.6) is 0 Å². The van der Waals surface area contributed by atoms with Gasteiger partial charge in [-0.05, 0) is 30.3 Å². The van der Waals surface area contributed by atoms with Crippen molar-refractivity contribution in [2.24, 2.45) is 4.99 Å². The first-order chi connectivity index (χ1) is 12.0. The minimum atomic E-state index is -1.03. The van der Waals surface area contributed by atoms with Crippen LogP contribution in [-0.2, 0) is 16.0 Å². The second-order valence-electron chi connectivity index (χ2n) is 5.63. The molecule has 3 rings (SSSR count). The summed E-state index contributed by atoms with van der Waals surface area (Å²) in [4.78, 5) is 18.4. The normalized spacial score (nSPS) is 15.4. The van der Waals surface area contributed by atoms with E-state index in [0.717, 1.165) is 0 Å². The predicted octanol–water partition coefficient (Wildman–Crippen LogP) is 3.04. The van der Waals surface area contributed by atoms with Gasteiger partial charge in [-0.2, -0.15) is 0 Å². The second-order valence-corrected chi connectivity index (χ2v) is 7.62. The van der Waals surface area contributed by atoms with Crippen molar-refractivity contribution in [1.29, 1.82) is 0 Å². The number of halogens is 2. The molecule has 1 heterocycles. The lowest BCUT2D eigenvalue weighted by Gasteiger charge is -2.23. The first-order valence-electron chi connectivity index (χ1n) is 7.67. The number of benzene rings is 2. The first-order valence-corrected chi connectivity index (χ1v) is 9.77. The van der Waals surface area contributed by atoms with Crippen LogP contribution in [0.4, 0.5) is 10.1 Å². The molecule has 0 N–H and O–H groups in total. The number of amides is 1. The van der Waals surface area contributed by atoms with Crippen molar-refractivity contribution in [2.75, 3.05) is 30.0 Å². The Labute approximate surface area is 153 Å². The third-order valence-electron chi connectivity index (χ3n) is 3.91. The molecule has 0 saturated carbocycles. The van der Waals surface area contributed by atoms with Gasteiger partial charge in [-0.25, -0.2) is 4.39 Å². The van der Waals surface area contributed by atoms with Gasteiger partial charge in [-0.1, -0.05) is 34.9 Å². The summed E-state index contributed by atoms with van der Waals surface area (Å²) in [6.07, 6.45) is 1.59. The Kier molecular flexibility index (Phi) is 5.42. The number of carbonyl (C=O) groups is 1. The molecule has 0 aromatic heterocycles. The summed E-state index contributed by atoms with van der Waals surface area (Å²) in [5.74, 6) is -0.286. The van der Waals surface area contributed by atoms with Gasteiger partial charge in [-0.3, -0.25) is 9.79 Å². The number of fused-ring (bicyclic) bond motifs is 1. The highest BCUT2D eigenvalue weighted by Gasteiger charge is 2.27. The maximum Gasteiger partial charge on any atom is 0.248 e. The van der Waals surface area contributed by atoms with Crippen LogP contribution >= 0.6 is 11.6 Å². The molecule has 0 spiro atoms. The van der Waals surface area contributed by atoms with Crippen LogP contribution in [0.25, 0.3) is 0 Å². The van der Waals surface area contributed by atoms with Crippen molar-refractivity contribution in [1.82, 2.24) is 0 Å². The molecular weight excluding hydrogens is 363 g/mol. The molecule has 0 aliphatic carbocycles. The fraction of sp³-hybridized carbons (Fsp3) is 0.222. The van der Waals surface area contributed by atoms with Gasteiger partial charge in [0.25, 0.3) is 0 Å². The Morgan fingerprint density at radius 2 is 2.04 bits per heavy atom.